The van der Waals surface area contributed by atoms with Gasteiger partial charge in [-0.1, -0.05) is 42.3 Å². The molecule has 0 atom stereocenters. The van der Waals surface area contributed by atoms with Gasteiger partial charge in [-0.15, -0.1) is 0 Å². The summed E-state index contributed by atoms with van der Waals surface area (Å²) in [5.41, 5.74) is 4.00. The van der Waals surface area contributed by atoms with Crippen LogP contribution in [-0.2, 0) is 6.42 Å². The van der Waals surface area contributed by atoms with Crippen LogP contribution in [0.15, 0.2) is 77.3 Å². The molecule has 0 saturated heterocycles. The van der Waals surface area contributed by atoms with Gasteiger partial charge in [0.1, 0.15) is 28.7 Å². The highest BCUT2D eigenvalue weighted by Crippen LogP contribution is 2.37. The van der Waals surface area contributed by atoms with Crippen molar-refractivity contribution in [3.8, 4) is 22.8 Å². The average Bonchev–Trinajstić information content (AvgIpc) is 3.41. The number of fused-ring (bicyclic) bond motifs is 1. The van der Waals surface area contributed by atoms with Gasteiger partial charge in [-0.3, -0.25) is 4.40 Å². The Balaban J connectivity index is 1.64. The molecular formula is C25H18Cl2FN3O. The molecule has 32 heavy (non-hydrogen) atoms. The number of rotatable bonds is 5. The van der Waals surface area contributed by atoms with Gasteiger partial charge in [-0.25, -0.2) is 9.37 Å². The van der Waals surface area contributed by atoms with E-state index in [1.807, 2.05) is 59.1 Å². The molecule has 2 aromatic carbocycles. The van der Waals surface area contributed by atoms with Gasteiger partial charge < -0.3 is 9.73 Å². The highest BCUT2D eigenvalue weighted by Gasteiger charge is 2.19. The van der Waals surface area contributed by atoms with Gasteiger partial charge in [0.2, 0.25) is 0 Å². The van der Waals surface area contributed by atoms with E-state index < -0.39 is 5.82 Å². The number of nitrogens with zero attached hydrogens (tertiary/aromatic N) is 2. The summed E-state index contributed by atoms with van der Waals surface area (Å²) in [6.07, 6.45) is 2.85. The number of pyridine rings is 1. The summed E-state index contributed by atoms with van der Waals surface area (Å²) in [5.74, 6) is 1.44. The van der Waals surface area contributed by atoms with Gasteiger partial charge in [-0.2, -0.15) is 0 Å². The second-order valence-corrected chi connectivity index (χ2v) is 8.14. The Morgan fingerprint density at radius 2 is 1.78 bits per heavy atom. The van der Waals surface area contributed by atoms with E-state index in [1.165, 1.54) is 17.7 Å². The van der Waals surface area contributed by atoms with Crippen molar-refractivity contribution in [1.29, 1.82) is 0 Å². The van der Waals surface area contributed by atoms with Crippen molar-refractivity contribution in [2.24, 2.45) is 0 Å². The molecule has 5 aromatic rings. The first-order valence-electron chi connectivity index (χ1n) is 10.1. The van der Waals surface area contributed by atoms with E-state index in [1.54, 1.807) is 6.07 Å². The lowest BCUT2D eigenvalue weighted by Crippen LogP contribution is -1.97. The highest BCUT2D eigenvalue weighted by molar-refractivity contribution is 6.33. The van der Waals surface area contributed by atoms with E-state index in [-0.39, 0.29) is 5.02 Å². The minimum absolute atomic E-state index is 0.0395. The second kappa shape index (κ2) is 8.34. The molecule has 3 aromatic heterocycles. The smallest absolute Gasteiger partial charge is 0.157 e. The summed E-state index contributed by atoms with van der Waals surface area (Å²) in [4.78, 5) is 4.82. The molecular weight excluding hydrogens is 448 g/mol. The maximum Gasteiger partial charge on any atom is 0.157 e. The highest BCUT2D eigenvalue weighted by atomic mass is 35.5. The van der Waals surface area contributed by atoms with Crippen molar-refractivity contribution in [3.63, 3.8) is 0 Å². The third-order valence-electron chi connectivity index (χ3n) is 5.26. The van der Waals surface area contributed by atoms with Crippen LogP contribution in [0.2, 0.25) is 10.0 Å². The summed E-state index contributed by atoms with van der Waals surface area (Å²) >= 11 is 12.3. The van der Waals surface area contributed by atoms with Crippen molar-refractivity contribution in [3.05, 3.63) is 94.4 Å². The summed E-state index contributed by atoms with van der Waals surface area (Å²) in [7, 11) is 0. The molecule has 0 aliphatic carbocycles. The predicted molar refractivity (Wildman–Crippen MR) is 127 cm³/mol. The van der Waals surface area contributed by atoms with Crippen LogP contribution in [0.3, 0.4) is 0 Å². The van der Waals surface area contributed by atoms with Crippen LogP contribution in [0.1, 0.15) is 12.5 Å². The van der Waals surface area contributed by atoms with Gasteiger partial charge in [0.15, 0.2) is 5.76 Å². The van der Waals surface area contributed by atoms with Gasteiger partial charge >= 0.3 is 0 Å². The fourth-order valence-electron chi connectivity index (χ4n) is 3.58. The van der Waals surface area contributed by atoms with Gasteiger partial charge in [0.05, 0.1) is 10.0 Å². The molecule has 0 bridgehead atoms. The normalized spacial score (nSPS) is 11.2. The van der Waals surface area contributed by atoms with Crippen LogP contribution >= 0.6 is 23.2 Å². The predicted octanol–water partition coefficient (Wildman–Crippen LogP) is 8.01. The molecule has 0 aliphatic heterocycles. The number of anilines is 2. The monoisotopic (exact) mass is 465 g/mol. The first kappa shape index (κ1) is 20.6. The number of benzene rings is 2. The lowest BCUT2D eigenvalue weighted by atomic mass is 10.2. The van der Waals surface area contributed by atoms with Crippen molar-refractivity contribution in [2.45, 2.75) is 13.3 Å². The van der Waals surface area contributed by atoms with Gasteiger partial charge in [0.25, 0.3) is 0 Å². The summed E-state index contributed by atoms with van der Waals surface area (Å²) < 4.78 is 21.7. The number of nitrogens with one attached hydrogen (secondary N) is 1. The number of aryl methyl sites for hydroxylation is 1. The maximum atomic E-state index is 13.7. The van der Waals surface area contributed by atoms with E-state index in [9.17, 15) is 4.39 Å². The molecule has 0 fully saturated rings. The Morgan fingerprint density at radius 3 is 2.56 bits per heavy atom. The maximum absolute atomic E-state index is 13.7. The Kier molecular flexibility index (Phi) is 5.37. The SMILES string of the molecule is CCc1ccn2c(Nc3ccc(F)c(Cl)c3)c(-c3ccc(-c4ccccc4Cl)o3)nc2c1. The second-order valence-electron chi connectivity index (χ2n) is 7.32. The molecule has 0 radical (unpaired) electrons. The zero-order valence-corrected chi connectivity index (χ0v) is 18.6. The first-order valence-corrected chi connectivity index (χ1v) is 10.9. The van der Waals surface area contributed by atoms with Crippen LogP contribution in [0.25, 0.3) is 28.4 Å². The van der Waals surface area contributed by atoms with Crippen LogP contribution in [0.4, 0.5) is 15.9 Å². The van der Waals surface area contributed by atoms with E-state index in [2.05, 4.69) is 12.2 Å². The van der Waals surface area contributed by atoms with Crippen molar-refractivity contribution < 1.29 is 8.81 Å². The molecule has 7 heteroatoms. The van der Waals surface area contributed by atoms with Crippen LogP contribution < -0.4 is 5.32 Å². The Morgan fingerprint density at radius 1 is 0.969 bits per heavy atom. The third kappa shape index (κ3) is 3.74. The standard InChI is InChI=1S/C25H18Cl2FN3O/c1-2-15-11-12-31-23(13-15)30-24(25(31)29-16-7-8-20(28)19(27)14-16)22-10-9-21(32-22)17-5-3-4-6-18(17)26/h3-14,29H,2H2,1H3. The molecule has 0 unspecified atom stereocenters. The fourth-order valence-corrected chi connectivity index (χ4v) is 3.99. The third-order valence-corrected chi connectivity index (χ3v) is 5.88. The molecule has 1 N–H and O–H groups in total. The zero-order valence-electron chi connectivity index (χ0n) is 17.1. The minimum Gasteiger partial charge on any atom is -0.454 e. The number of aromatic nitrogens is 2. The van der Waals surface area contributed by atoms with E-state index in [0.29, 0.717) is 33.7 Å². The lowest BCUT2D eigenvalue weighted by Gasteiger charge is -2.09. The molecule has 0 aliphatic rings. The molecule has 5 rings (SSSR count). The topological polar surface area (TPSA) is 42.5 Å². The largest absolute Gasteiger partial charge is 0.454 e. The summed E-state index contributed by atoms with van der Waals surface area (Å²) in [5, 5.41) is 3.97. The summed E-state index contributed by atoms with van der Waals surface area (Å²) in [6.45, 7) is 2.10. The quantitative estimate of drug-likeness (QED) is 0.285. The zero-order chi connectivity index (χ0) is 22.2. The Hall–Kier alpha value is -3.28. The number of hydrogen-bond acceptors (Lipinski definition) is 3. The Bertz CT molecular complexity index is 1440. The average molecular weight is 466 g/mol. The van der Waals surface area contributed by atoms with E-state index in [4.69, 9.17) is 32.6 Å². The lowest BCUT2D eigenvalue weighted by molar-refractivity contribution is 0.596. The molecule has 0 spiro atoms. The fraction of sp³-hybridized carbons (Fsp3) is 0.0800. The van der Waals surface area contributed by atoms with E-state index in [0.717, 1.165) is 17.6 Å². The Labute approximate surface area is 194 Å². The number of halogens is 3. The van der Waals surface area contributed by atoms with Crippen molar-refractivity contribution >= 4 is 40.4 Å². The van der Waals surface area contributed by atoms with Crippen LogP contribution in [-0.4, -0.2) is 9.38 Å². The van der Waals surface area contributed by atoms with Crippen molar-refractivity contribution in [2.75, 3.05) is 5.32 Å². The number of hydrogen-bond donors (Lipinski definition) is 1. The molecule has 0 amide bonds. The molecule has 160 valence electrons. The molecule has 3 heterocycles. The number of furan rings is 1. The number of imidazole rings is 1. The first-order chi connectivity index (χ1) is 15.5. The van der Waals surface area contributed by atoms with Gasteiger partial charge in [0, 0.05) is 17.4 Å². The van der Waals surface area contributed by atoms with Gasteiger partial charge in [-0.05, 0) is 66.6 Å². The van der Waals surface area contributed by atoms with E-state index >= 15 is 0 Å². The molecule has 0 saturated carbocycles. The minimum atomic E-state index is -0.474. The van der Waals surface area contributed by atoms with Crippen LogP contribution in [0, 0.1) is 5.82 Å². The van der Waals surface area contributed by atoms with Crippen LogP contribution in [0.5, 0.6) is 0 Å². The van der Waals surface area contributed by atoms with Crippen molar-refractivity contribution in [1.82, 2.24) is 9.38 Å². The summed E-state index contributed by atoms with van der Waals surface area (Å²) in [6, 6.07) is 19.8. The molecule has 4 nitrogen and oxygen atoms in total.